The summed E-state index contributed by atoms with van der Waals surface area (Å²) in [5.41, 5.74) is 1.73. The van der Waals surface area contributed by atoms with Crippen LogP contribution in [-0.2, 0) is 27.9 Å². The van der Waals surface area contributed by atoms with Crippen LogP contribution in [0.15, 0.2) is 47.4 Å². The molecule has 0 fully saturated rings. The third kappa shape index (κ3) is 4.82. The summed E-state index contributed by atoms with van der Waals surface area (Å²) in [5, 5.41) is 0. The second-order valence-corrected chi connectivity index (χ2v) is 6.62. The topological polar surface area (TPSA) is 55.4 Å². The van der Waals surface area contributed by atoms with Crippen molar-refractivity contribution in [3.05, 3.63) is 65.2 Å². The van der Waals surface area contributed by atoms with Crippen LogP contribution in [0, 0.1) is 11.6 Å². The number of halogens is 2. The summed E-state index contributed by atoms with van der Waals surface area (Å²) in [6.45, 7) is 3.07. The Morgan fingerprint density at radius 1 is 1.00 bits per heavy atom. The van der Waals surface area contributed by atoms with Crippen molar-refractivity contribution in [3.63, 3.8) is 0 Å². The van der Waals surface area contributed by atoms with E-state index in [1.165, 1.54) is 0 Å². The van der Waals surface area contributed by atoms with Gasteiger partial charge in [-0.05, 0) is 36.2 Å². The molecule has 0 unspecified atom stereocenters. The average molecular weight is 341 g/mol. The van der Waals surface area contributed by atoms with E-state index in [-0.39, 0.29) is 11.4 Å². The zero-order valence-electron chi connectivity index (χ0n) is 12.6. The van der Waals surface area contributed by atoms with Gasteiger partial charge in [-0.3, -0.25) is 0 Å². The fraction of sp³-hybridized carbons (Fsp3) is 0.250. The molecule has 7 heteroatoms. The van der Waals surface area contributed by atoms with Gasteiger partial charge in [-0.2, -0.15) is 0 Å². The van der Waals surface area contributed by atoms with Gasteiger partial charge in [0.25, 0.3) is 0 Å². The molecule has 124 valence electrons. The van der Waals surface area contributed by atoms with Crippen molar-refractivity contribution in [2.45, 2.75) is 25.0 Å². The van der Waals surface area contributed by atoms with Crippen molar-refractivity contribution < 1.29 is 21.9 Å². The largest absolute Gasteiger partial charge is 0.377 e. The third-order valence-corrected chi connectivity index (χ3v) is 4.56. The zero-order chi connectivity index (χ0) is 16.9. The highest BCUT2D eigenvalue weighted by Gasteiger charge is 2.16. The van der Waals surface area contributed by atoms with E-state index in [2.05, 4.69) is 4.72 Å². The minimum atomic E-state index is -3.90. The molecule has 0 saturated carbocycles. The monoisotopic (exact) mass is 341 g/mol. The fourth-order valence-electron chi connectivity index (χ4n) is 1.88. The Morgan fingerprint density at radius 3 is 2.26 bits per heavy atom. The first-order valence-corrected chi connectivity index (χ1v) is 8.51. The highest BCUT2D eigenvalue weighted by Crippen LogP contribution is 2.14. The summed E-state index contributed by atoms with van der Waals surface area (Å²) in [6.07, 6.45) is 0. The Kier molecular flexibility index (Phi) is 5.81. The van der Waals surface area contributed by atoms with Crippen LogP contribution in [0.5, 0.6) is 0 Å². The van der Waals surface area contributed by atoms with Gasteiger partial charge in [-0.25, -0.2) is 21.9 Å². The van der Waals surface area contributed by atoms with Gasteiger partial charge in [-0.15, -0.1) is 0 Å². The van der Waals surface area contributed by atoms with Crippen LogP contribution in [0.1, 0.15) is 18.1 Å². The molecule has 0 aromatic heterocycles. The Hall–Kier alpha value is -1.83. The maximum atomic E-state index is 13.1. The van der Waals surface area contributed by atoms with Gasteiger partial charge in [0.1, 0.15) is 0 Å². The van der Waals surface area contributed by atoms with Crippen LogP contribution in [0.2, 0.25) is 0 Å². The molecule has 2 aromatic carbocycles. The SMILES string of the molecule is CCOCc1ccc(CNS(=O)(=O)c2ccc(F)c(F)c2)cc1. The van der Waals surface area contributed by atoms with Crippen molar-refractivity contribution in [1.82, 2.24) is 4.72 Å². The predicted molar refractivity (Wildman–Crippen MR) is 82.2 cm³/mol. The first kappa shape index (κ1) is 17.5. The Bertz CT molecular complexity index is 761. The molecule has 4 nitrogen and oxygen atoms in total. The summed E-state index contributed by atoms with van der Waals surface area (Å²) >= 11 is 0. The number of benzene rings is 2. The minimum absolute atomic E-state index is 0.0518. The molecule has 0 saturated heterocycles. The smallest absolute Gasteiger partial charge is 0.240 e. The Labute approximate surface area is 134 Å². The lowest BCUT2D eigenvalue weighted by Crippen LogP contribution is -2.23. The van der Waals surface area contributed by atoms with E-state index in [4.69, 9.17) is 4.74 Å². The maximum absolute atomic E-state index is 13.1. The molecule has 0 radical (unpaired) electrons. The molecular formula is C16H17F2NO3S. The third-order valence-electron chi connectivity index (χ3n) is 3.16. The lowest BCUT2D eigenvalue weighted by Gasteiger charge is -2.08. The molecule has 0 heterocycles. The first-order valence-electron chi connectivity index (χ1n) is 7.02. The standard InChI is InChI=1S/C16H17F2NO3S/c1-2-22-11-13-5-3-12(4-6-13)10-19-23(20,21)14-7-8-15(17)16(18)9-14/h3-9,19H,2,10-11H2,1H3. The van der Waals surface area contributed by atoms with Gasteiger partial charge in [-0.1, -0.05) is 24.3 Å². The van der Waals surface area contributed by atoms with Crippen LogP contribution in [-0.4, -0.2) is 15.0 Å². The van der Waals surface area contributed by atoms with Gasteiger partial charge < -0.3 is 4.74 Å². The first-order chi connectivity index (χ1) is 10.9. The van der Waals surface area contributed by atoms with Crippen LogP contribution >= 0.6 is 0 Å². The number of ether oxygens (including phenoxy) is 1. The van der Waals surface area contributed by atoms with E-state index >= 15 is 0 Å². The molecule has 0 atom stereocenters. The van der Waals surface area contributed by atoms with Crippen LogP contribution < -0.4 is 4.72 Å². The molecule has 0 aliphatic heterocycles. The molecule has 0 spiro atoms. The molecule has 0 bridgehead atoms. The van der Waals surface area contributed by atoms with Gasteiger partial charge in [0.05, 0.1) is 11.5 Å². The highest BCUT2D eigenvalue weighted by atomic mass is 32.2. The van der Waals surface area contributed by atoms with Crippen LogP contribution in [0.4, 0.5) is 8.78 Å². The van der Waals surface area contributed by atoms with Gasteiger partial charge >= 0.3 is 0 Å². The molecule has 1 N–H and O–H groups in total. The second-order valence-electron chi connectivity index (χ2n) is 4.85. The minimum Gasteiger partial charge on any atom is -0.377 e. The lowest BCUT2D eigenvalue weighted by molar-refractivity contribution is 0.134. The normalized spacial score (nSPS) is 11.6. The van der Waals surface area contributed by atoms with Crippen molar-refractivity contribution in [2.24, 2.45) is 0 Å². The van der Waals surface area contributed by atoms with Crippen LogP contribution in [0.25, 0.3) is 0 Å². The Morgan fingerprint density at radius 2 is 1.65 bits per heavy atom. The molecular weight excluding hydrogens is 324 g/mol. The molecule has 0 amide bonds. The maximum Gasteiger partial charge on any atom is 0.240 e. The van der Waals surface area contributed by atoms with Gasteiger partial charge in [0, 0.05) is 13.2 Å². The number of hydrogen-bond donors (Lipinski definition) is 1. The highest BCUT2D eigenvalue weighted by molar-refractivity contribution is 7.89. The summed E-state index contributed by atoms with van der Waals surface area (Å²) in [5.74, 6) is -2.29. The summed E-state index contributed by atoms with van der Waals surface area (Å²) in [4.78, 5) is -0.315. The van der Waals surface area contributed by atoms with E-state index in [0.29, 0.717) is 19.3 Å². The quantitative estimate of drug-likeness (QED) is 0.842. The van der Waals surface area contributed by atoms with Crippen molar-refractivity contribution in [3.8, 4) is 0 Å². The lowest BCUT2D eigenvalue weighted by atomic mass is 10.1. The molecule has 2 aromatic rings. The van der Waals surface area contributed by atoms with Gasteiger partial charge in [0.15, 0.2) is 11.6 Å². The fourth-order valence-corrected chi connectivity index (χ4v) is 2.91. The van der Waals surface area contributed by atoms with E-state index < -0.39 is 21.7 Å². The zero-order valence-corrected chi connectivity index (χ0v) is 13.4. The summed E-state index contributed by atoms with van der Waals surface area (Å²) in [7, 11) is -3.90. The van der Waals surface area contributed by atoms with Crippen molar-refractivity contribution in [1.29, 1.82) is 0 Å². The number of sulfonamides is 1. The summed E-state index contributed by atoms with van der Waals surface area (Å²) in [6, 6.07) is 9.71. The van der Waals surface area contributed by atoms with Crippen LogP contribution in [0.3, 0.4) is 0 Å². The average Bonchev–Trinajstić information content (AvgIpc) is 2.54. The van der Waals surface area contributed by atoms with Crippen molar-refractivity contribution >= 4 is 10.0 Å². The second kappa shape index (κ2) is 7.63. The number of rotatable bonds is 7. The number of hydrogen-bond acceptors (Lipinski definition) is 3. The molecule has 23 heavy (non-hydrogen) atoms. The molecule has 0 aliphatic rings. The van der Waals surface area contributed by atoms with E-state index in [1.54, 1.807) is 12.1 Å². The molecule has 0 aliphatic carbocycles. The van der Waals surface area contributed by atoms with E-state index in [9.17, 15) is 17.2 Å². The van der Waals surface area contributed by atoms with Crippen molar-refractivity contribution in [2.75, 3.05) is 6.61 Å². The Balaban J connectivity index is 2.02. The summed E-state index contributed by atoms with van der Waals surface area (Å²) < 4.78 is 57.7. The van der Waals surface area contributed by atoms with E-state index in [0.717, 1.165) is 23.3 Å². The molecule has 2 rings (SSSR count). The van der Waals surface area contributed by atoms with Gasteiger partial charge in [0.2, 0.25) is 10.0 Å². The predicted octanol–water partition coefficient (Wildman–Crippen LogP) is 2.98. The van der Waals surface area contributed by atoms with E-state index in [1.807, 2.05) is 19.1 Å². The number of nitrogens with one attached hydrogen (secondary N) is 1.